The first-order valence-electron chi connectivity index (χ1n) is 7.93. The molecule has 3 heterocycles. The van der Waals surface area contributed by atoms with Crippen LogP contribution < -0.4 is 5.32 Å². The molecule has 2 nitrogen and oxygen atoms in total. The number of nitrogens with one attached hydrogen (secondary N) is 1. The average molecular weight is 346 g/mol. The fourth-order valence-corrected chi connectivity index (χ4v) is 6.12. The van der Waals surface area contributed by atoms with Gasteiger partial charge in [-0.25, -0.2) is 0 Å². The summed E-state index contributed by atoms with van der Waals surface area (Å²) < 4.78 is 7.08. The van der Waals surface area contributed by atoms with E-state index in [4.69, 9.17) is 16.3 Å². The van der Waals surface area contributed by atoms with Crippen molar-refractivity contribution in [1.82, 2.24) is 5.32 Å². The number of halogens is 1. The molecule has 2 fully saturated rings. The molecule has 1 aromatic rings. The highest BCUT2D eigenvalue weighted by Gasteiger charge is 2.42. The van der Waals surface area contributed by atoms with Gasteiger partial charge in [0.05, 0.1) is 9.94 Å². The third kappa shape index (κ3) is 3.78. The number of ether oxygens (including phenoxy) is 1. The molecule has 0 amide bonds. The number of thioether (sulfide) groups is 1. The Kier molecular flexibility index (Phi) is 5.55. The lowest BCUT2D eigenvalue weighted by molar-refractivity contribution is -0.0852. The van der Waals surface area contributed by atoms with Crippen LogP contribution in [-0.2, 0) is 4.74 Å². The highest BCUT2D eigenvalue weighted by molar-refractivity contribution is 7.99. The first-order valence-corrected chi connectivity index (χ1v) is 10.3. The van der Waals surface area contributed by atoms with Gasteiger partial charge < -0.3 is 10.1 Å². The molecule has 5 heteroatoms. The second-order valence-corrected chi connectivity index (χ2v) is 9.01. The van der Waals surface area contributed by atoms with Crippen LogP contribution in [-0.4, -0.2) is 30.3 Å². The lowest BCUT2D eigenvalue weighted by atomic mass is 9.80. The first-order chi connectivity index (χ1) is 10.2. The summed E-state index contributed by atoms with van der Waals surface area (Å²) >= 11 is 9.94. The molecule has 1 spiro atoms. The summed E-state index contributed by atoms with van der Waals surface area (Å²) in [5.41, 5.74) is 0.154. The molecule has 0 radical (unpaired) electrons. The molecule has 3 unspecified atom stereocenters. The normalized spacial score (nSPS) is 30.9. The second-order valence-electron chi connectivity index (χ2n) is 6.16. The van der Waals surface area contributed by atoms with E-state index in [1.165, 1.54) is 35.6 Å². The summed E-state index contributed by atoms with van der Waals surface area (Å²) in [5, 5.41) is 3.76. The van der Waals surface area contributed by atoms with Crippen LogP contribution in [0.4, 0.5) is 0 Å². The lowest BCUT2D eigenvalue weighted by Crippen LogP contribution is -2.43. The van der Waals surface area contributed by atoms with Crippen molar-refractivity contribution in [1.29, 1.82) is 0 Å². The van der Waals surface area contributed by atoms with Crippen LogP contribution in [0.5, 0.6) is 0 Å². The average Bonchev–Trinajstić information content (AvgIpc) is 3.10. The highest BCUT2D eigenvalue weighted by Crippen LogP contribution is 2.45. The van der Waals surface area contributed by atoms with Gasteiger partial charge in [-0.2, -0.15) is 11.8 Å². The Morgan fingerprint density at radius 1 is 1.52 bits per heavy atom. The van der Waals surface area contributed by atoms with Gasteiger partial charge in [-0.3, -0.25) is 0 Å². The molecule has 2 saturated heterocycles. The van der Waals surface area contributed by atoms with Crippen LogP contribution >= 0.6 is 34.7 Å². The van der Waals surface area contributed by atoms with Crippen molar-refractivity contribution in [2.45, 2.75) is 44.2 Å². The van der Waals surface area contributed by atoms with E-state index < -0.39 is 0 Å². The van der Waals surface area contributed by atoms with Gasteiger partial charge in [0.25, 0.3) is 0 Å². The van der Waals surface area contributed by atoms with Crippen LogP contribution in [0.15, 0.2) is 12.1 Å². The Bertz CT molecular complexity index is 459. The predicted octanol–water partition coefficient (Wildman–Crippen LogP) is 4.74. The van der Waals surface area contributed by atoms with Gasteiger partial charge in [-0.15, -0.1) is 11.3 Å². The SMILES string of the molecule is CCCNC(c1ccc(Cl)s1)C1CCOC2(CCSC2)C1. The molecule has 21 heavy (non-hydrogen) atoms. The molecular formula is C16H24ClNOS2. The minimum Gasteiger partial charge on any atom is -0.374 e. The van der Waals surface area contributed by atoms with Crippen molar-refractivity contribution >= 4 is 34.7 Å². The van der Waals surface area contributed by atoms with Gasteiger partial charge in [-0.05, 0) is 56.0 Å². The van der Waals surface area contributed by atoms with Crippen molar-refractivity contribution in [2.75, 3.05) is 24.7 Å². The summed E-state index contributed by atoms with van der Waals surface area (Å²) in [6, 6.07) is 4.67. The third-order valence-corrected chi connectivity index (χ3v) is 7.12. The van der Waals surface area contributed by atoms with E-state index in [0.717, 1.165) is 23.9 Å². The van der Waals surface area contributed by atoms with Crippen molar-refractivity contribution < 1.29 is 4.74 Å². The van der Waals surface area contributed by atoms with Gasteiger partial charge in [-0.1, -0.05) is 18.5 Å². The molecule has 0 aliphatic carbocycles. The largest absolute Gasteiger partial charge is 0.374 e. The Morgan fingerprint density at radius 3 is 3.10 bits per heavy atom. The molecular weight excluding hydrogens is 322 g/mol. The molecule has 0 saturated carbocycles. The second kappa shape index (κ2) is 7.22. The van der Waals surface area contributed by atoms with Gasteiger partial charge in [0.2, 0.25) is 0 Å². The smallest absolute Gasteiger partial charge is 0.0931 e. The van der Waals surface area contributed by atoms with Gasteiger partial charge in [0.1, 0.15) is 0 Å². The quantitative estimate of drug-likeness (QED) is 0.832. The monoisotopic (exact) mass is 345 g/mol. The van der Waals surface area contributed by atoms with Crippen LogP contribution in [0.3, 0.4) is 0 Å². The van der Waals surface area contributed by atoms with Crippen LogP contribution in [0.1, 0.15) is 43.5 Å². The number of hydrogen-bond acceptors (Lipinski definition) is 4. The summed E-state index contributed by atoms with van der Waals surface area (Å²) in [5.74, 6) is 3.10. The molecule has 118 valence electrons. The Hall–Kier alpha value is 0.260. The van der Waals surface area contributed by atoms with Crippen molar-refractivity contribution in [3.63, 3.8) is 0 Å². The van der Waals surface area contributed by atoms with E-state index in [1.807, 2.05) is 17.8 Å². The maximum Gasteiger partial charge on any atom is 0.0931 e. The van der Waals surface area contributed by atoms with Gasteiger partial charge in [0.15, 0.2) is 0 Å². The van der Waals surface area contributed by atoms with E-state index in [-0.39, 0.29) is 5.60 Å². The van der Waals surface area contributed by atoms with E-state index in [2.05, 4.69) is 18.3 Å². The van der Waals surface area contributed by atoms with Crippen LogP contribution in [0.25, 0.3) is 0 Å². The Labute approximate surface area is 141 Å². The molecule has 0 bridgehead atoms. The van der Waals surface area contributed by atoms with Crippen molar-refractivity contribution in [3.05, 3.63) is 21.3 Å². The maximum atomic E-state index is 6.18. The zero-order valence-corrected chi connectivity index (χ0v) is 15.0. The third-order valence-electron chi connectivity index (χ3n) is 4.58. The Balaban J connectivity index is 1.75. The minimum atomic E-state index is 0.154. The molecule has 2 aliphatic rings. The highest BCUT2D eigenvalue weighted by atomic mass is 35.5. The number of thiophene rings is 1. The molecule has 2 aliphatic heterocycles. The fraction of sp³-hybridized carbons (Fsp3) is 0.750. The summed E-state index contributed by atoms with van der Waals surface area (Å²) in [4.78, 5) is 1.39. The molecule has 0 aromatic carbocycles. The van der Waals surface area contributed by atoms with Gasteiger partial charge in [0, 0.05) is 23.3 Å². The summed E-state index contributed by atoms with van der Waals surface area (Å²) in [7, 11) is 0. The fourth-order valence-electron chi connectivity index (χ4n) is 3.51. The molecule has 3 rings (SSSR count). The summed E-state index contributed by atoms with van der Waals surface area (Å²) in [6.07, 6.45) is 4.74. The molecule has 1 aromatic heterocycles. The number of hydrogen-bond donors (Lipinski definition) is 1. The standard InChI is InChI=1S/C16H24ClNOS2/c1-2-7-18-15(13-3-4-14(17)21-13)12-5-8-19-16(10-12)6-9-20-11-16/h3-4,12,15,18H,2,5-11H2,1H3. The van der Waals surface area contributed by atoms with Gasteiger partial charge >= 0.3 is 0 Å². The zero-order chi connectivity index (χ0) is 14.7. The number of rotatable bonds is 5. The topological polar surface area (TPSA) is 21.3 Å². The van der Waals surface area contributed by atoms with E-state index in [9.17, 15) is 0 Å². The van der Waals surface area contributed by atoms with Crippen molar-refractivity contribution in [2.24, 2.45) is 5.92 Å². The molecule has 3 atom stereocenters. The van der Waals surface area contributed by atoms with Crippen LogP contribution in [0.2, 0.25) is 4.34 Å². The van der Waals surface area contributed by atoms with Crippen LogP contribution in [0, 0.1) is 5.92 Å². The zero-order valence-electron chi connectivity index (χ0n) is 12.6. The lowest BCUT2D eigenvalue weighted by Gasteiger charge is -2.41. The molecule has 1 N–H and O–H groups in total. The minimum absolute atomic E-state index is 0.154. The first kappa shape index (κ1) is 16.1. The Morgan fingerprint density at radius 2 is 2.43 bits per heavy atom. The van der Waals surface area contributed by atoms with E-state index in [0.29, 0.717) is 12.0 Å². The van der Waals surface area contributed by atoms with E-state index in [1.54, 1.807) is 11.3 Å². The van der Waals surface area contributed by atoms with Crippen molar-refractivity contribution in [3.8, 4) is 0 Å². The summed E-state index contributed by atoms with van der Waals surface area (Å²) in [6.45, 7) is 4.21. The van der Waals surface area contributed by atoms with E-state index >= 15 is 0 Å². The predicted molar refractivity (Wildman–Crippen MR) is 93.7 cm³/mol. The maximum absolute atomic E-state index is 6.18.